The molecular formula is C25H28ClFN4O2. The second-order valence-corrected chi connectivity index (χ2v) is 8.95. The van der Waals surface area contributed by atoms with Crippen LogP contribution in [0.4, 0.5) is 9.18 Å². The first kappa shape index (κ1) is 23.2. The molecule has 8 heteroatoms. The molecule has 1 N–H and O–H groups in total. The summed E-state index contributed by atoms with van der Waals surface area (Å²) < 4.78 is 15.3. The van der Waals surface area contributed by atoms with Gasteiger partial charge in [-0.05, 0) is 49.6 Å². The van der Waals surface area contributed by atoms with E-state index < -0.39 is 11.9 Å². The van der Waals surface area contributed by atoms with Crippen molar-refractivity contribution in [3.8, 4) is 5.69 Å². The number of hydrogen-bond donors (Lipinski definition) is 1. The van der Waals surface area contributed by atoms with Crippen LogP contribution in [0.2, 0.25) is 5.02 Å². The molecular weight excluding hydrogens is 443 g/mol. The highest BCUT2D eigenvalue weighted by molar-refractivity contribution is 6.30. The number of para-hydroxylation sites is 1. The SMILES string of the molecule is CCC(c1nc2ccccc2c(=O)n1-c1ccc(F)c(Cl)c1)N(C)C(=O)NC1CCCCC1. The quantitative estimate of drug-likeness (QED) is 0.527. The zero-order valence-corrected chi connectivity index (χ0v) is 19.6. The van der Waals surface area contributed by atoms with Crippen molar-refractivity contribution in [1.82, 2.24) is 19.8 Å². The van der Waals surface area contributed by atoms with Crippen LogP contribution in [-0.4, -0.2) is 33.6 Å². The number of fused-ring (bicyclic) bond motifs is 1. The Bertz CT molecular complexity index is 1220. The van der Waals surface area contributed by atoms with Gasteiger partial charge in [-0.15, -0.1) is 0 Å². The molecule has 0 spiro atoms. The molecule has 1 heterocycles. The van der Waals surface area contributed by atoms with E-state index in [1.807, 2.05) is 13.0 Å². The number of rotatable bonds is 5. The van der Waals surface area contributed by atoms with Crippen LogP contribution in [0, 0.1) is 5.82 Å². The molecule has 0 bridgehead atoms. The number of nitrogens with one attached hydrogen (secondary N) is 1. The number of hydrogen-bond acceptors (Lipinski definition) is 3. The average Bonchev–Trinajstić information content (AvgIpc) is 2.82. The van der Waals surface area contributed by atoms with Crippen LogP contribution >= 0.6 is 11.6 Å². The van der Waals surface area contributed by atoms with E-state index in [1.54, 1.807) is 30.1 Å². The number of carbonyl (C=O) groups excluding carboxylic acids is 1. The van der Waals surface area contributed by atoms with Gasteiger partial charge in [-0.25, -0.2) is 14.2 Å². The summed E-state index contributed by atoms with van der Waals surface area (Å²) >= 11 is 6.04. The Labute approximate surface area is 197 Å². The Morgan fingerprint density at radius 2 is 1.97 bits per heavy atom. The molecule has 2 aromatic carbocycles. The highest BCUT2D eigenvalue weighted by Gasteiger charge is 2.28. The standard InChI is InChI=1S/C25H28ClFN4O2/c1-3-22(30(2)25(33)28-16-9-5-4-6-10-16)23-29-21-12-8-7-11-18(21)24(32)31(23)17-13-14-20(27)19(26)15-17/h7-8,11-16,22H,3-6,9-10H2,1-2H3,(H,28,33). The number of aromatic nitrogens is 2. The van der Waals surface area contributed by atoms with E-state index >= 15 is 0 Å². The molecule has 33 heavy (non-hydrogen) atoms. The fourth-order valence-corrected chi connectivity index (χ4v) is 4.72. The number of benzene rings is 2. The molecule has 1 aliphatic rings. The molecule has 2 amide bonds. The summed E-state index contributed by atoms with van der Waals surface area (Å²) in [6, 6.07) is 10.7. The summed E-state index contributed by atoms with van der Waals surface area (Å²) in [6.07, 6.45) is 5.92. The van der Waals surface area contributed by atoms with Crippen LogP contribution < -0.4 is 10.9 Å². The van der Waals surface area contributed by atoms with E-state index in [2.05, 4.69) is 5.32 Å². The van der Waals surface area contributed by atoms with E-state index in [0.717, 1.165) is 25.7 Å². The minimum atomic E-state index is -0.570. The predicted octanol–water partition coefficient (Wildman–Crippen LogP) is 5.60. The van der Waals surface area contributed by atoms with E-state index in [0.29, 0.717) is 28.8 Å². The average molecular weight is 471 g/mol. The van der Waals surface area contributed by atoms with Gasteiger partial charge in [0.1, 0.15) is 11.6 Å². The molecule has 1 aromatic heterocycles. The van der Waals surface area contributed by atoms with E-state index in [4.69, 9.17) is 16.6 Å². The molecule has 1 atom stereocenters. The monoisotopic (exact) mass is 470 g/mol. The number of amides is 2. The lowest BCUT2D eigenvalue weighted by Gasteiger charge is -2.31. The number of nitrogens with zero attached hydrogens (tertiary/aromatic N) is 3. The van der Waals surface area contributed by atoms with Crippen molar-refractivity contribution in [2.24, 2.45) is 0 Å². The summed E-state index contributed by atoms with van der Waals surface area (Å²) in [4.78, 5) is 33.0. The topological polar surface area (TPSA) is 67.2 Å². The van der Waals surface area contributed by atoms with Crippen LogP contribution in [0.15, 0.2) is 47.3 Å². The van der Waals surface area contributed by atoms with E-state index in [9.17, 15) is 14.0 Å². The Morgan fingerprint density at radius 1 is 1.24 bits per heavy atom. The zero-order valence-electron chi connectivity index (χ0n) is 18.9. The molecule has 3 aromatic rings. The molecule has 1 fully saturated rings. The first-order valence-corrected chi connectivity index (χ1v) is 11.8. The lowest BCUT2D eigenvalue weighted by molar-refractivity contribution is 0.178. The minimum Gasteiger partial charge on any atom is -0.335 e. The highest BCUT2D eigenvalue weighted by atomic mass is 35.5. The van der Waals surface area contributed by atoms with Crippen LogP contribution in [0.25, 0.3) is 16.6 Å². The van der Waals surface area contributed by atoms with Crippen molar-refractivity contribution in [1.29, 1.82) is 0 Å². The Morgan fingerprint density at radius 3 is 2.67 bits per heavy atom. The number of carbonyl (C=O) groups is 1. The summed E-state index contributed by atoms with van der Waals surface area (Å²) in [5.41, 5.74) is 0.651. The molecule has 0 radical (unpaired) electrons. The largest absolute Gasteiger partial charge is 0.335 e. The van der Waals surface area contributed by atoms with Crippen molar-refractivity contribution < 1.29 is 9.18 Å². The number of urea groups is 1. The van der Waals surface area contributed by atoms with Crippen molar-refractivity contribution in [2.45, 2.75) is 57.5 Å². The highest BCUT2D eigenvalue weighted by Crippen LogP contribution is 2.27. The van der Waals surface area contributed by atoms with Gasteiger partial charge in [-0.3, -0.25) is 9.36 Å². The fraction of sp³-hybridized carbons (Fsp3) is 0.400. The Balaban J connectivity index is 1.80. The normalized spacial score (nSPS) is 15.4. The van der Waals surface area contributed by atoms with Gasteiger partial charge in [-0.2, -0.15) is 0 Å². The lowest BCUT2D eigenvalue weighted by Crippen LogP contribution is -2.46. The third kappa shape index (κ3) is 4.74. The third-order valence-electron chi connectivity index (χ3n) is 6.37. The lowest BCUT2D eigenvalue weighted by atomic mass is 9.96. The Kier molecular flexibility index (Phi) is 6.98. The van der Waals surface area contributed by atoms with Crippen molar-refractivity contribution >= 4 is 28.5 Å². The van der Waals surface area contributed by atoms with Gasteiger partial charge in [0.2, 0.25) is 0 Å². The smallest absolute Gasteiger partial charge is 0.317 e. The molecule has 6 nitrogen and oxygen atoms in total. The zero-order chi connectivity index (χ0) is 23.5. The molecule has 1 unspecified atom stereocenters. The van der Waals surface area contributed by atoms with Gasteiger partial charge >= 0.3 is 6.03 Å². The maximum absolute atomic E-state index is 13.9. The summed E-state index contributed by atoms with van der Waals surface area (Å²) in [5, 5.41) is 3.48. The van der Waals surface area contributed by atoms with Crippen LogP contribution in [-0.2, 0) is 0 Å². The summed E-state index contributed by atoms with van der Waals surface area (Å²) in [6.45, 7) is 1.94. The van der Waals surface area contributed by atoms with Gasteiger partial charge in [0.15, 0.2) is 0 Å². The van der Waals surface area contributed by atoms with Gasteiger partial charge in [0, 0.05) is 13.1 Å². The molecule has 0 aliphatic heterocycles. The van der Waals surface area contributed by atoms with E-state index in [1.165, 1.54) is 29.2 Å². The van der Waals surface area contributed by atoms with Gasteiger partial charge in [0.25, 0.3) is 5.56 Å². The Hall–Kier alpha value is -2.93. The van der Waals surface area contributed by atoms with Crippen molar-refractivity contribution in [3.63, 3.8) is 0 Å². The van der Waals surface area contributed by atoms with Gasteiger partial charge in [-0.1, -0.05) is 49.9 Å². The van der Waals surface area contributed by atoms with Crippen molar-refractivity contribution in [3.05, 3.63) is 69.5 Å². The molecule has 174 valence electrons. The third-order valence-corrected chi connectivity index (χ3v) is 6.66. The molecule has 1 aliphatic carbocycles. The molecule has 0 saturated heterocycles. The summed E-state index contributed by atoms with van der Waals surface area (Å²) in [7, 11) is 1.72. The number of halogens is 2. The van der Waals surface area contributed by atoms with Crippen molar-refractivity contribution in [2.75, 3.05) is 7.05 Å². The molecule has 4 rings (SSSR count). The van der Waals surface area contributed by atoms with E-state index in [-0.39, 0.29) is 22.7 Å². The van der Waals surface area contributed by atoms with Crippen LogP contribution in [0.1, 0.15) is 57.3 Å². The fourth-order valence-electron chi connectivity index (χ4n) is 4.54. The van der Waals surface area contributed by atoms with Gasteiger partial charge < -0.3 is 10.2 Å². The van der Waals surface area contributed by atoms with Gasteiger partial charge in [0.05, 0.1) is 27.7 Å². The minimum absolute atomic E-state index is 0.0880. The maximum Gasteiger partial charge on any atom is 0.317 e. The first-order chi connectivity index (χ1) is 15.9. The molecule has 1 saturated carbocycles. The first-order valence-electron chi connectivity index (χ1n) is 11.4. The van der Waals surface area contributed by atoms with Crippen LogP contribution in [0.5, 0.6) is 0 Å². The van der Waals surface area contributed by atoms with Crippen LogP contribution in [0.3, 0.4) is 0 Å². The second kappa shape index (κ2) is 9.91. The second-order valence-electron chi connectivity index (χ2n) is 8.55. The summed E-state index contributed by atoms with van der Waals surface area (Å²) in [5.74, 6) is -0.162. The maximum atomic E-state index is 13.9. The predicted molar refractivity (Wildman–Crippen MR) is 129 cm³/mol.